The molecule has 1 atom stereocenters. The van der Waals surface area contributed by atoms with Gasteiger partial charge in [-0.15, -0.1) is 0 Å². The van der Waals surface area contributed by atoms with Gasteiger partial charge in [-0.1, -0.05) is 33.3 Å². The van der Waals surface area contributed by atoms with E-state index in [1.807, 2.05) is 0 Å². The van der Waals surface area contributed by atoms with Crippen LogP contribution in [-0.2, 0) is 6.54 Å². The minimum Gasteiger partial charge on any atom is -0.370 e. The first-order valence-corrected chi connectivity index (χ1v) is 9.13. The van der Waals surface area contributed by atoms with Crippen molar-refractivity contribution in [1.82, 2.24) is 5.32 Å². The van der Waals surface area contributed by atoms with Crippen molar-refractivity contribution < 1.29 is 0 Å². The van der Waals surface area contributed by atoms with E-state index in [0.29, 0.717) is 5.92 Å². The minimum atomic E-state index is 0.702. The quantitative estimate of drug-likeness (QED) is 0.756. The molecule has 1 N–H and O–H groups in total. The van der Waals surface area contributed by atoms with Crippen LogP contribution in [0.15, 0.2) is 22.7 Å². The number of rotatable bonds is 7. The van der Waals surface area contributed by atoms with Crippen LogP contribution < -0.4 is 10.2 Å². The van der Waals surface area contributed by atoms with Crippen molar-refractivity contribution in [3.05, 3.63) is 28.2 Å². The van der Waals surface area contributed by atoms with Gasteiger partial charge in [-0.05, 0) is 64.8 Å². The van der Waals surface area contributed by atoms with Crippen LogP contribution in [-0.4, -0.2) is 19.6 Å². The maximum absolute atomic E-state index is 3.77. The molecule has 1 heterocycles. The van der Waals surface area contributed by atoms with Crippen LogP contribution >= 0.6 is 15.9 Å². The highest BCUT2D eigenvalue weighted by Gasteiger charge is 2.23. The molecule has 1 aromatic rings. The first-order valence-electron chi connectivity index (χ1n) is 8.34. The van der Waals surface area contributed by atoms with Gasteiger partial charge >= 0.3 is 0 Å². The highest BCUT2D eigenvalue weighted by Crippen LogP contribution is 2.32. The molecule has 1 unspecified atom stereocenters. The van der Waals surface area contributed by atoms with Gasteiger partial charge < -0.3 is 10.2 Å². The molecule has 0 aromatic heterocycles. The third-order valence-corrected chi connectivity index (χ3v) is 4.85. The van der Waals surface area contributed by atoms with E-state index >= 15 is 0 Å². The fraction of sp³-hybridized carbons (Fsp3) is 0.667. The van der Waals surface area contributed by atoms with Crippen LogP contribution in [0, 0.1) is 11.8 Å². The summed E-state index contributed by atoms with van der Waals surface area (Å²) in [6.07, 6.45) is 4.02. The van der Waals surface area contributed by atoms with Gasteiger partial charge in [-0.25, -0.2) is 0 Å². The molecule has 0 radical (unpaired) electrons. The van der Waals surface area contributed by atoms with E-state index in [-0.39, 0.29) is 0 Å². The number of hydrogen-bond donors (Lipinski definition) is 1. The lowest BCUT2D eigenvalue weighted by atomic mass is 10.0. The molecule has 2 nitrogen and oxygen atoms in total. The SMILES string of the molecule is CCCC1CCN(c2ccc(CNCC(C)C)cc2Br)C1. The van der Waals surface area contributed by atoms with Crippen molar-refractivity contribution in [3.8, 4) is 0 Å². The summed E-state index contributed by atoms with van der Waals surface area (Å²) in [5, 5.41) is 3.51. The Kier molecular flexibility index (Phi) is 6.56. The summed E-state index contributed by atoms with van der Waals surface area (Å²) in [6.45, 7) is 11.2. The Labute approximate surface area is 138 Å². The predicted molar refractivity (Wildman–Crippen MR) is 95.9 cm³/mol. The van der Waals surface area contributed by atoms with Crippen molar-refractivity contribution >= 4 is 21.6 Å². The molecular weight excluding hydrogens is 324 g/mol. The van der Waals surface area contributed by atoms with E-state index in [0.717, 1.165) is 19.0 Å². The van der Waals surface area contributed by atoms with Gasteiger partial charge in [0.25, 0.3) is 0 Å². The molecule has 1 fully saturated rings. The van der Waals surface area contributed by atoms with Gasteiger partial charge in [0.15, 0.2) is 0 Å². The van der Waals surface area contributed by atoms with Crippen LogP contribution in [0.1, 0.15) is 45.6 Å². The Morgan fingerprint density at radius 1 is 1.38 bits per heavy atom. The molecule has 3 heteroatoms. The van der Waals surface area contributed by atoms with Crippen molar-refractivity contribution in [2.45, 2.75) is 46.6 Å². The molecule has 1 aromatic carbocycles. The molecule has 21 heavy (non-hydrogen) atoms. The normalized spacial score (nSPS) is 18.7. The zero-order valence-electron chi connectivity index (χ0n) is 13.7. The number of anilines is 1. The third-order valence-electron chi connectivity index (χ3n) is 4.22. The zero-order valence-corrected chi connectivity index (χ0v) is 15.2. The van der Waals surface area contributed by atoms with E-state index in [2.05, 4.69) is 65.1 Å². The maximum Gasteiger partial charge on any atom is 0.0510 e. The summed E-state index contributed by atoms with van der Waals surface area (Å²) in [5.74, 6) is 1.59. The molecule has 1 aliphatic heterocycles. The smallest absolute Gasteiger partial charge is 0.0510 e. The lowest BCUT2D eigenvalue weighted by molar-refractivity contribution is 0.530. The number of nitrogens with zero attached hydrogens (tertiary/aromatic N) is 1. The second-order valence-corrected chi connectivity index (χ2v) is 7.55. The second kappa shape index (κ2) is 8.19. The number of halogens is 1. The summed E-state index contributed by atoms with van der Waals surface area (Å²) in [7, 11) is 0. The van der Waals surface area contributed by atoms with Gasteiger partial charge in [0, 0.05) is 24.1 Å². The Hall–Kier alpha value is -0.540. The van der Waals surface area contributed by atoms with Crippen LogP contribution in [0.3, 0.4) is 0 Å². The summed E-state index contributed by atoms with van der Waals surface area (Å²) >= 11 is 3.77. The standard InChI is InChI=1S/C18H29BrN2/c1-4-5-15-8-9-21(13-15)18-7-6-16(10-17(18)19)12-20-11-14(2)3/h6-7,10,14-15,20H,4-5,8-9,11-13H2,1-3H3. The zero-order chi connectivity index (χ0) is 15.2. The maximum atomic E-state index is 3.77. The summed E-state index contributed by atoms with van der Waals surface area (Å²) < 4.78 is 1.24. The Morgan fingerprint density at radius 2 is 2.19 bits per heavy atom. The largest absolute Gasteiger partial charge is 0.370 e. The van der Waals surface area contributed by atoms with Gasteiger partial charge in [-0.2, -0.15) is 0 Å². The topological polar surface area (TPSA) is 15.3 Å². The molecular formula is C18H29BrN2. The molecule has 0 aliphatic carbocycles. The average Bonchev–Trinajstić information content (AvgIpc) is 2.87. The molecule has 0 spiro atoms. The summed E-state index contributed by atoms with van der Waals surface area (Å²) in [5.41, 5.74) is 2.72. The molecule has 2 rings (SSSR count). The van der Waals surface area contributed by atoms with E-state index in [9.17, 15) is 0 Å². The summed E-state index contributed by atoms with van der Waals surface area (Å²) in [4.78, 5) is 2.54. The lowest BCUT2D eigenvalue weighted by Crippen LogP contribution is -2.21. The van der Waals surface area contributed by atoms with Gasteiger partial charge in [0.1, 0.15) is 0 Å². The number of benzene rings is 1. The summed E-state index contributed by atoms with van der Waals surface area (Å²) in [6, 6.07) is 6.82. The fourth-order valence-electron chi connectivity index (χ4n) is 3.12. The van der Waals surface area contributed by atoms with Crippen molar-refractivity contribution in [1.29, 1.82) is 0 Å². The monoisotopic (exact) mass is 352 g/mol. The van der Waals surface area contributed by atoms with Gasteiger partial charge in [0.2, 0.25) is 0 Å². The Morgan fingerprint density at radius 3 is 2.86 bits per heavy atom. The second-order valence-electron chi connectivity index (χ2n) is 6.70. The fourth-order valence-corrected chi connectivity index (χ4v) is 3.79. The third kappa shape index (κ3) is 5.00. The molecule has 1 aliphatic rings. The van der Waals surface area contributed by atoms with Crippen LogP contribution in [0.25, 0.3) is 0 Å². The molecule has 1 saturated heterocycles. The van der Waals surface area contributed by atoms with Crippen molar-refractivity contribution in [2.75, 3.05) is 24.5 Å². The van der Waals surface area contributed by atoms with E-state index in [1.54, 1.807) is 0 Å². The first-order chi connectivity index (χ1) is 10.1. The molecule has 118 valence electrons. The van der Waals surface area contributed by atoms with E-state index in [1.165, 1.54) is 48.1 Å². The minimum absolute atomic E-state index is 0.702. The highest BCUT2D eigenvalue weighted by molar-refractivity contribution is 9.10. The predicted octanol–water partition coefficient (Wildman–Crippen LogP) is 4.82. The van der Waals surface area contributed by atoms with Crippen LogP contribution in [0.5, 0.6) is 0 Å². The van der Waals surface area contributed by atoms with Crippen LogP contribution in [0.2, 0.25) is 0 Å². The lowest BCUT2D eigenvalue weighted by Gasteiger charge is -2.21. The number of hydrogen-bond acceptors (Lipinski definition) is 2. The van der Waals surface area contributed by atoms with Gasteiger partial charge in [0.05, 0.1) is 5.69 Å². The number of nitrogens with one attached hydrogen (secondary N) is 1. The molecule has 0 saturated carbocycles. The van der Waals surface area contributed by atoms with Gasteiger partial charge in [-0.3, -0.25) is 0 Å². The van der Waals surface area contributed by atoms with Crippen molar-refractivity contribution in [3.63, 3.8) is 0 Å². The Balaban J connectivity index is 1.93. The van der Waals surface area contributed by atoms with E-state index < -0.39 is 0 Å². The van der Waals surface area contributed by atoms with Crippen LogP contribution in [0.4, 0.5) is 5.69 Å². The molecule has 0 bridgehead atoms. The van der Waals surface area contributed by atoms with E-state index in [4.69, 9.17) is 0 Å². The highest BCUT2D eigenvalue weighted by atomic mass is 79.9. The molecule has 0 amide bonds. The first kappa shape index (κ1) is 16.8. The van der Waals surface area contributed by atoms with Crippen molar-refractivity contribution in [2.24, 2.45) is 11.8 Å². The Bertz CT molecular complexity index is 445. The average molecular weight is 353 g/mol.